The lowest BCUT2D eigenvalue weighted by Crippen LogP contribution is -2.37. The van der Waals surface area contributed by atoms with Crippen LogP contribution in [0.4, 0.5) is 0 Å². The minimum absolute atomic E-state index is 0.337. The van der Waals surface area contributed by atoms with Gasteiger partial charge in [0.1, 0.15) is 11.9 Å². The number of aryl methyl sites for hydroxylation is 2. The summed E-state index contributed by atoms with van der Waals surface area (Å²) in [6.45, 7) is 7.33. The summed E-state index contributed by atoms with van der Waals surface area (Å²) >= 11 is 0. The molecule has 1 N–H and O–H groups in total. The van der Waals surface area contributed by atoms with Crippen molar-refractivity contribution in [2.75, 3.05) is 13.1 Å². The van der Waals surface area contributed by atoms with E-state index in [2.05, 4.69) is 46.9 Å². The molecule has 21 heavy (non-hydrogen) atoms. The molecule has 4 heteroatoms. The fourth-order valence-corrected chi connectivity index (χ4v) is 2.81. The Kier molecular flexibility index (Phi) is 4.25. The molecule has 1 aromatic heterocycles. The number of ether oxygens (including phenoxy) is 1. The van der Waals surface area contributed by atoms with Gasteiger partial charge in [-0.3, -0.25) is 4.90 Å². The maximum Gasteiger partial charge on any atom is 0.122 e. The van der Waals surface area contributed by atoms with Gasteiger partial charge in [0.05, 0.1) is 6.33 Å². The molecule has 0 bridgehead atoms. The van der Waals surface area contributed by atoms with Crippen molar-refractivity contribution in [2.24, 2.45) is 0 Å². The number of nitrogens with one attached hydrogen (secondary N) is 1. The minimum atomic E-state index is 0.337. The van der Waals surface area contributed by atoms with Crippen LogP contribution in [0.15, 0.2) is 30.7 Å². The van der Waals surface area contributed by atoms with Crippen LogP contribution in [-0.4, -0.2) is 34.1 Å². The van der Waals surface area contributed by atoms with E-state index in [-0.39, 0.29) is 0 Å². The van der Waals surface area contributed by atoms with E-state index in [1.165, 1.54) is 16.8 Å². The number of nitrogens with zero attached hydrogens (tertiary/aromatic N) is 2. The van der Waals surface area contributed by atoms with Gasteiger partial charge in [-0.05, 0) is 43.9 Å². The molecule has 0 aliphatic carbocycles. The van der Waals surface area contributed by atoms with Crippen molar-refractivity contribution in [1.82, 2.24) is 14.9 Å². The van der Waals surface area contributed by atoms with Crippen molar-refractivity contribution < 1.29 is 4.74 Å². The number of aromatic amines is 1. The Morgan fingerprint density at radius 2 is 2.10 bits per heavy atom. The van der Waals surface area contributed by atoms with Crippen LogP contribution in [0.25, 0.3) is 0 Å². The van der Waals surface area contributed by atoms with Crippen molar-refractivity contribution >= 4 is 0 Å². The first kappa shape index (κ1) is 14.1. The summed E-state index contributed by atoms with van der Waals surface area (Å²) in [5, 5.41) is 0. The first-order valence-corrected chi connectivity index (χ1v) is 7.64. The lowest BCUT2D eigenvalue weighted by atomic mass is 10.1. The fourth-order valence-electron chi connectivity index (χ4n) is 2.81. The first-order valence-electron chi connectivity index (χ1n) is 7.64. The average Bonchev–Trinajstić information content (AvgIpc) is 2.98. The molecule has 3 rings (SSSR count). The molecular formula is C17H23N3O. The number of hydrogen-bond donors (Lipinski definition) is 1. The second-order valence-electron chi connectivity index (χ2n) is 5.94. The zero-order valence-electron chi connectivity index (χ0n) is 12.8. The third-order valence-corrected chi connectivity index (χ3v) is 4.12. The van der Waals surface area contributed by atoms with Crippen LogP contribution in [0, 0.1) is 13.8 Å². The molecule has 1 fully saturated rings. The summed E-state index contributed by atoms with van der Waals surface area (Å²) in [5.74, 6) is 1.04. The fraction of sp³-hybridized carbons (Fsp3) is 0.471. The van der Waals surface area contributed by atoms with Crippen molar-refractivity contribution in [1.29, 1.82) is 0 Å². The number of benzene rings is 1. The van der Waals surface area contributed by atoms with E-state index in [1.54, 1.807) is 6.33 Å². The third-order valence-electron chi connectivity index (χ3n) is 4.12. The van der Waals surface area contributed by atoms with Gasteiger partial charge in [-0.1, -0.05) is 12.1 Å². The molecule has 1 aliphatic heterocycles. The smallest absolute Gasteiger partial charge is 0.122 e. The molecular weight excluding hydrogens is 262 g/mol. The lowest BCUT2D eigenvalue weighted by Gasteiger charge is -2.32. The topological polar surface area (TPSA) is 41.1 Å². The summed E-state index contributed by atoms with van der Waals surface area (Å²) in [6, 6.07) is 6.42. The number of likely N-dealkylation sites (tertiary alicyclic amines) is 1. The summed E-state index contributed by atoms with van der Waals surface area (Å²) < 4.78 is 6.20. The maximum absolute atomic E-state index is 6.20. The summed E-state index contributed by atoms with van der Waals surface area (Å²) in [7, 11) is 0. The number of imidazole rings is 1. The number of H-pyrrole nitrogens is 1. The minimum Gasteiger partial charge on any atom is -0.490 e. The largest absolute Gasteiger partial charge is 0.490 e. The highest BCUT2D eigenvalue weighted by molar-refractivity contribution is 5.36. The van der Waals surface area contributed by atoms with E-state index in [0.717, 1.165) is 38.2 Å². The molecule has 0 amide bonds. The van der Waals surface area contributed by atoms with Gasteiger partial charge in [0.2, 0.25) is 0 Å². The van der Waals surface area contributed by atoms with Crippen LogP contribution in [0.3, 0.4) is 0 Å². The summed E-state index contributed by atoms with van der Waals surface area (Å²) in [6.07, 6.45) is 6.15. The van der Waals surface area contributed by atoms with Gasteiger partial charge in [0.25, 0.3) is 0 Å². The van der Waals surface area contributed by atoms with Crippen LogP contribution in [0.2, 0.25) is 0 Å². The van der Waals surface area contributed by atoms with E-state index in [1.807, 2.05) is 6.20 Å². The van der Waals surface area contributed by atoms with Crippen LogP contribution in [0.1, 0.15) is 29.7 Å². The van der Waals surface area contributed by atoms with Crippen LogP contribution < -0.4 is 4.74 Å². The van der Waals surface area contributed by atoms with Gasteiger partial charge in [-0.25, -0.2) is 4.98 Å². The molecule has 1 aliphatic rings. The Bertz CT molecular complexity index is 572. The van der Waals surface area contributed by atoms with E-state index in [9.17, 15) is 0 Å². The Hall–Kier alpha value is -1.81. The van der Waals surface area contributed by atoms with Crippen molar-refractivity contribution in [2.45, 2.75) is 39.3 Å². The Balaban J connectivity index is 1.52. The molecule has 0 saturated carbocycles. The zero-order valence-corrected chi connectivity index (χ0v) is 12.8. The van der Waals surface area contributed by atoms with Gasteiger partial charge >= 0.3 is 0 Å². The lowest BCUT2D eigenvalue weighted by molar-refractivity contribution is 0.0956. The molecule has 4 nitrogen and oxygen atoms in total. The number of hydrogen-bond acceptors (Lipinski definition) is 3. The summed E-state index contributed by atoms with van der Waals surface area (Å²) in [4.78, 5) is 9.69. The maximum atomic E-state index is 6.20. The number of rotatable bonds is 4. The van der Waals surface area contributed by atoms with Crippen LogP contribution >= 0.6 is 0 Å². The highest BCUT2D eigenvalue weighted by Gasteiger charge is 2.21. The van der Waals surface area contributed by atoms with Gasteiger partial charge in [-0.2, -0.15) is 0 Å². The summed E-state index contributed by atoms with van der Waals surface area (Å²) in [5.41, 5.74) is 3.66. The third kappa shape index (κ3) is 3.64. The highest BCUT2D eigenvalue weighted by atomic mass is 16.5. The molecule has 0 atom stereocenters. The van der Waals surface area contributed by atoms with E-state index in [4.69, 9.17) is 4.74 Å². The van der Waals surface area contributed by atoms with Crippen molar-refractivity contribution in [3.63, 3.8) is 0 Å². The first-order chi connectivity index (χ1) is 10.2. The Labute approximate surface area is 126 Å². The van der Waals surface area contributed by atoms with Gasteiger partial charge in [-0.15, -0.1) is 0 Å². The molecule has 0 radical (unpaired) electrons. The molecule has 2 aromatic rings. The second kappa shape index (κ2) is 6.31. The quantitative estimate of drug-likeness (QED) is 0.938. The molecule has 0 spiro atoms. The second-order valence-corrected chi connectivity index (χ2v) is 5.94. The molecule has 0 unspecified atom stereocenters. The SMILES string of the molecule is Cc1ccc(C)c(OC2CCN(Cc3cnc[nH]3)CC2)c1. The Morgan fingerprint density at radius 3 is 2.81 bits per heavy atom. The Morgan fingerprint density at radius 1 is 1.29 bits per heavy atom. The average molecular weight is 285 g/mol. The van der Waals surface area contributed by atoms with Crippen molar-refractivity contribution in [3.8, 4) is 5.75 Å². The van der Waals surface area contributed by atoms with E-state index < -0.39 is 0 Å². The monoisotopic (exact) mass is 285 g/mol. The predicted molar refractivity (Wildman–Crippen MR) is 83.4 cm³/mol. The standard InChI is InChI=1S/C17H23N3O/c1-13-3-4-14(2)17(9-13)21-16-5-7-20(8-6-16)11-15-10-18-12-19-15/h3-4,9-10,12,16H,5-8,11H2,1-2H3,(H,18,19). The molecule has 1 saturated heterocycles. The van der Waals surface area contributed by atoms with Crippen molar-refractivity contribution in [3.05, 3.63) is 47.5 Å². The van der Waals surface area contributed by atoms with Crippen LogP contribution in [-0.2, 0) is 6.54 Å². The number of aromatic nitrogens is 2. The highest BCUT2D eigenvalue weighted by Crippen LogP contribution is 2.24. The molecule has 1 aromatic carbocycles. The predicted octanol–water partition coefficient (Wildman–Crippen LogP) is 3.07. The van der Waals surface area contributed by atoms with Gasteiger partial charge < -0.3 is 9.72 Å². The normalized spacial score (nSPS) is 17.0. The molecule has 112 valence electrons. The zero-order chi connectivity index (χ0) is 14.7. The molecule has 2 heterocycles. The van der Waals surface area contributed by atoms with Gasteiger partial charge in [0, 0.05) is 31.5 Å². The van der Waals surface area contributed by atoms with Crippen LogP contribution in [0.5, 0.6) is 5.75 Å². The number of piperidine rings is 1. The van der Waals surface area contributed by atoms with E-state index >= 15 is 0 Å². The van der Waals surface area contributed by atoms with E-state index in [0.29, 0.717) is 6.10 Å². The van der Waals surface area contributed by atoms with Gasteiger partial charge in [0.15, 0.2) is 0 Å².